The molecule has 0 saturated carbocycles. The molecule has 1 aliphatic rings. The molecule has 0 aliphatic carbocycles. The van der Waals surface area contributed by atoms with Crippen LogP contribution in [0, 0.1) is 5.92 Å². The summed E-state index contributed by atoms with van der Waals surface area (Å²) in [7, 11) is 0. The van der Waals surface area contributed by atoms with E-state index in [1.54, 1.807) is 11.8 Å². The van der Waals surface area contributed by atoms with Gasteiger partial charge in [-0.1, -0.05) is 13.8 Å². The van der Waals surface area contributed by atoms with Crippen LogP contribution in [0.1, 0.15) is 36.7 Å². The first-order valence-electron chi connectivity index (χ1n) is 7.83. The molecule has 128 valence electrons. The number of nitrogens with one attached hydrogen (secondary N) is 1. The van der Waals surface area contributed by atoms with E-state index >= 15 is 0 Å². The van der Waals surface area contributed by atoms with Gasteiger partial charge in [-0.05, 0) is 43.0 Å². The lowest BCUT2D eigenvalue weighted by Crippen LogP contribution is -2.39. The molecule has 6 heteroatoms. The van der Waals surface area contributed by atoms with Crippen molar-refractivity contribution in [3.63, 3.8) is 0 Å². The van der Waals surface area contributed by atoms with E-state index in [-0.39, 0.29) is 36.7 Å². The Hall–Kier alpha value is -1.75. The van der Waals surface area contributed by atoms with E-state index in [0.717, 1.165) is 24.2 Å². The molecule has 1 N–H and O–H groups in total. The van der Waals surface area contributed by atoms with Crippen molar-refractivity contribution in [1.82, 2.24) is 4.90 Å². The Morgan fingerprint density at radius 2 is 2.09 bits per heavy atom. The molecule has 0 radical (unpaired) electrons. The van der Waals surface area contributed by atoms with Gasteiger partial charge in [-0.25, -0.2) is 0 Å². The maximum absolute atomic E-state index is 12.7. The monoisotopic (exact) mass is 340 g/mol. The first-order chi connectivity index (χ1) is 10.5. The SMILES string of the molecule is CCOC(=O)CN(CC(C)C)C(=O)c1ccc2c(c1)CCN2.Cl. The number of fused-ring (bicyclic) bond motifs is 1. The maximum atomic E-state index is 12.7. The van der Waals surface area contributed by atoms with Crippen molar-refractivity contribution in [3.8, 4) is 0 Å². The summed E-state index contributed by atoms with van der Waals surface area (Å²) in [5.41, 5.74) is 2.89. The Morgan fingerprint density at radius 3 is 2.74 bits per heavy atom. The highest BCUT2D eigenvalue weighted by atomic mass is 35.5. The van der Waals surface area contributed by atoms with Crippen LogP contribution in [0.4, 0.5) is 5.69 Å². The number of carbonyl (C=O) groups is 2. The van der Waals surface area contributed by atoms with E-state index in [9.17, 15) is 9.59 Å². The Labute approximate surface area is 143 Å². The molecular weight excluding hydrogens is 316 g/mol. The van der Waals surface area contributed by atoms with Crippen molar-refractivity contribution in [2.24, 2.45) is 5.92 Å². The summed E-state index contributed by atoms with van der Waals surface area (Å²) >= 11 is 0. The van der Waals surface area contributed by atoms with Gasteiger partial charge in [0, 0.05) is 24.3 Å². The third-order valence-corrected chi connectivity index (χ3v) is 3.56. The number of benzene rings is 1. The zero-order valence-electron chi connectivity index (χ0n) is 13.9. The predicted molar refractivity (Wildman–Crippen MR) is 93.3 cm³/mol. The number of hydrogen-bond donors (Lipinski definition) is 1. The Bertz CT molecular complexity index is 561. The van der Waals surface area contributed by atoms with Gasteiger partial charge in [-0.2, -0.15) is 0 Å². The number of nitrogens with zero attached hydrogens (tertiary/aromatic N) is 1. The number of halogens is 1. The van der Waals surface area contributed by atoms with Crippen molar-refractivity contribution in [1.29, 1.82) is 0 Å². The fourth-order valence-electron chi connectivity index (χ4n) is 2.64. The lowest BCUT2D eigenvalue weighted by atomic mass is 10.1. The van der Waals surface area contributed by atoms with E-state index < -0.39 is 0 Å². The summed E-state index contributed by atoms with van der Waals surface area (Å²) in [6, 6.07) is 5.68. The molecule has 1 aliphatic heterocycles. The number of esters is 1. The number of rotatable bonds is 6. The molecule has 0 spiro atoms. The van der Waals surface area contributed by atoms with Crippen LogP contribution >= 0.6 is 12.4 Å². The van der Waals surface area contributed by atoms with Crippen LogP contribution in [0.3, 0.4) is 0 Å². The van der Waals surface area contributed by atoms with Crippen LogP contribution in [0.25, 0.3) is 0 Å². The normalized spacial score (nSPS) is 12.2. The van der Waals surface area contributed by atoms with Gasteiger partial charge in [0.1, 0.15) is 6.54 Å². The Kier molecular flexibility index (Phi) is 7.36. The third kappa shape index (κ3) is 5.13. The highest BCUT2D eigenvalue weighted by Crippen LogP contribution is 2.23. The molecule has 0 saturated heterocycles. The van der Waals surface area contributed by atoms with Crippen molar-refractivity contribution in [3.05, 3.63) is 29.3 Å². The molecule has 0 unspecified atom stereocenters. The van der Waals surface area contributed by atoms with Crippen molar-refractivity contribution < 1.29 is 14.3 Å². The number of hydrogen-bond acceptors (Lipinski definition) is 4. The van der Waals surface area contributed by atoms with Crippen LogP contribution in [-0.2, 0) is 16.0 Å². The minimum absolute atomic E-state index is 0. The quantitative estimate of drug-likeness (QED) is 0.809. The average molecular weight is 341 g/mol. The standard InChI is InChI=1S/C17H24N2O3.ClH/c1-4-22-16(20)11-19(10-12(2)3)17(21)14-5-6-15-13(9-14)7-8-18-15;/h5-6,9,12,18H,4,7-8,10-11H2,1-3H3;1H. The van der Waals surface area contributed by atoms with E-state index in [0.29, 0.717) is 18.7 Å². The van der Waals surface area contributed by atoms with Gasteiger partial charge in [-0.3, -0.25) is 9.59 Å². The maximum Gasteiger partial charge on any atom is 0.325 e. The fourth-order valence-corrected chi connectivity index (χ4v) is 2.64. The molecule has 1 aromatic rings. The summed E-state index contributed by atoms with van der Waals surface area (Å²) < 4.78 is 4.97. The van der Waals surface area contributed by atoms with Crippen molar-refractivity contribution in [2.75, 3.05) is 31.6 Å². The summed E-state index contributed by atoms with van der Waals surface area (Å²) in [4.78, 5) is 26.0. The summed E-state index contributed by atoms with van der Waals surface area (Å²) in [6.07, 6.45) is 0.929. The van der Waals surface area contributed by atoms with Gasteiger partial charge in [0.25, 0.3) is 5.91 Å². The lowest BCUT2D eigenvalue weighted by molar-refractivity contribution is -0.143. The van der Waals surface area contributed by atoms with Crippen LogP contribution < -0.4 is 5.32 Å². The fraction of sp³-hybridized carbons (Fsp3) is 0.529. The smallest absolute Gasteiger partial charge is 0.325 e. The minimum atomic E-state index is -0.362. The molecule has 0 fully saturated rings. The second kappa shape index (κ2) is 8.77. The first kappa shape index (κ1) is 19.3. The molecule has 0 bridgehead atoms. The van der Waals surface area contributed by atoms with E-state index in [1.165, 1.54) is 0 Å². The number of carbonyl (C=O) groups excluding carboxylic acids is 2. The van der Waals surface area contributed by atoms with Gasteiger partial charge in [0.05, 0.1) is 6.61 Å². The van der Waals surface area contributed by atoms with Crippen molar-refractivity contribution >= 4 is 30.0 Å². The van der Waals surface area contributed by atoms with Crippen LogP contribution in [0.5, 0.6) is 0 Å². The molecule has 1 heterocycles. The second-order valence-corrected chi connectivity index (χ2v) is 5.93. The van der Waals surface area contributed by atoms with Crippen LogP contribution in [-0.4, -0.2) is 43.0 Å². The van der Waals surface area contributed by atoms with Gasteiger partial charge >= 0.3 is 5.97 Å². The first-order valence-corrected chi connectivity index (χ1v) is 7.83. The largest absolute Gasteiger partial charge is 0.465 e. The van der Waals surface area contributed by atoms with E-state index in [2.05, 4.69) is 5.32 Å². The molecular formula is C17H25ClN2O3. The van der Waals surface area contributed by atoms with Crippen molar-refractivity contribution in [2.45, 2.75) is 27.2 Å². The van der Waals surface area contributed by atoms with Crippen LogP contribution in [0.2, 0.25) is 0 Å². The summed E-state index contributed by atoms with van der Waals surface area (Å²) in [6.45, 7) is 7.59. The molecule has 1 aromatic carbocycles. The number of anilines is 1. The Balaban J connectivity index is 0.00000264. The van der Waals surface area contributed by atoms with E-state index in [4.69, 9.17) is 4.74 Å². The molecule has 5 nitrogen and oxygen atoms in total. The van der Waals surface area contributed by atoms with E-state index in [1.807, 2.05) is 32.0 Å². The highest BCUT2D eigenvalue weighted by molar-refractivity contribution is 5.96. The summed E-state index contributed by atoms with van der Waals surface area (Å²) in [5, 5.41) is 3.28. The van der Waals surface area contributed by atoms with Crippen LogP contribution in [0.15, 0.2) is 18.2 Å². The molecule has 2 rings (SSSR count). The molecule has 1 amide bonds. The summed E-state index contributed by atoms with van der Waals surface area (Å²) in [5.74, 6) is -0.190. The molecule has 23 heavy (non-hydrogen) atoms. The second-order valence-electron chi connectivity index (χ2n) is 5.93. The van der Waals surface area contributed by atoms with Gasteiger partial charge in [0.15, 0.2) is 0 Å². The topological polar surface area (TPSA) is 58.6 Å². The number of ether oxygens (including phenoxy) is 1. The predicted octanol–water partition coefficient (Wildman–Crippen LogP) is 2.74. The molecule has 0 aromatic heterocycles. The van der Waals surface area contributed by atoms with Gasteiger partial charge < -0.3 is 15.0 Å². The number of amides is 1. The zero-order chi connectivity index (χ0) is 16.1. The zero-order valence-corrected chi connectivity index (χ0v) is 14.7. The average Bonchev–Trinajstić information content (AvgIpc) is 2.92. The molecule has 0 atom stereocenters. The lowest BCUT2D eigenvalue weighted by Gasteiger charge is -2.24. The van der Waals surface area contributed by atoms with Gasteiger partial charge in [0.2, 0.25) is 0 Å². The minimum Gasteiger partial charge on any atom is -0.465 e. The third-order valence-electron chi connectivity index (χ3n) is 3.56. The van der Waals surface area contributed by atoms with Gasteiger partial charge in [-0.15, -0.1) is 12.4 Å². The Morgan fingerprint density at radius 1 is 1.35 bits per heavy atom. The highest BCUT2D eigenvalue weighted by Gasteiger charge is 2.22.